The van der Waals surface area contributed by atoms with Gasteiger partial charge in [0.2, 0.25) is 0 Å². The van der Waals surface area contributed by atoms with Gasteiger partial charge in [0.25, 0.3) is 0 Å². The molecule has 0 amide bonds. The summed E-state index contributed by atoms with van der Waals surface area (Å²) < 4.78 is 9.39. The van der Waals surface area contributed by atoms with Crippen molar-refractivity contribution < 1.29 is 19.4 Å². The maximum Gasteiger partial charge on any atom is 0.343 e. The third-order valence-electron chi connectivity index (χ3n) is 1.82. The molecule has 0 bridgehead atoms. The van der Waals surface area contributed by atoms with Gasteiger partial charge in [-0.2, -0.15) is 5.26 Å². The van der Waals surface area contributed by atoms with Crippen molar-refractivity contribution in [2.75, 3.05) is 14.2 Å². The molecule has 78 valence electrons. The Hall–Kier alpha value is -2.22. The zero-order valence-corrected chi connectivity index (χ0v) is 8.27. The lowest BCUT2D eigenvalue weighted by Crippen LogP contribution is -2.06. The Morgan fingerprint density at radius 1 is 1.47 bits per heavy atom. The van der Waals surface area contributed by atoms with Crippen LogP contribution in [0.3, 0.4) is 0 Å². The summed E-state index contributed by atoms with van der Waals surface area (Å²) in [6, 6.07) is 4.20. The standard InChI is InChI=1S/C10H9NO4/c1-14-8-4-7(12)3-6(5-11)9(8)10(13)15-2/h3-4,12H,1-2H3. The van der Waals surface area contributed by atoms with Gasteiger partial charge >= 0.3 is 5.97 Å². The number of methoxy groups -OCH3 is 2. The molecule has 1 rings (SSSR count). The summed E-state index contributed by atoms with van der Waals surface area (Å²) in [5.41, 5.74) is 0.0269. The summed E-state index contributed by atoms with van der Waals surface area (Å²) in [6.07, 6.45) is 0. The van der Waals surface area contributed by atoms with Crippen molar-refractivity contribution in [1.82, 2.24) is 0 Å². The molecule has 5 heteroatoms. The van der Waals surface area contributed by atoms with Crippen molar-refractivity contribution in [3.8, 4) is 17.6 Å². The summed E-state index contributed by atoms with van der Waals surface area (Å²) in [4.78, 5) is 11.3. The molecule has 15 heavy (non-hydrogen) atoms. The van der Waals surface area contributed by atoms with Crippen LogP contribution in [0.25, 0.3) is 0 Å². The summed E-state index contributed by atoms with van der Waals surface area (Å²) in [6.45, 7) is 0. The van der Waals surface area contributed by atoms with E-state index in [0.717, 1.165) is 0 Å². The highest BCUT2D eigenvalue weighted by atomic mass is 16.5. The van der Waals surface area contributed by atoms with Crippen molar-refractivity contribution in [3.63, 3.8) is 0 Å². The minimum atomic E-state index is -0.677. The minimum Gasteiger partial charge on any atom is -0.508 e. The zero-order chi connectivity index (χ0) is 11.4. The number of rotatable bonds is 2. The lowest BCUT2D eigenvalue weighted by atomic mass is 10.1. The van der Waals surface area contributed by atoms with Crippen molar-refractivity contribution in [3.05, 3.63) is 23.3 Å². The van der Waals surface area contributed by atoms with E-state index in [2.05, 4.69) is 4.74 Å². The van der Waals surface area contributed by atoms with Crippen molar-refractivity contribution in [1.29, 1.82) is 5.26 Å². The van der Waals surface area contributed by atoms with Crippen LogP contribution in [0, 0.1) is 11.3 Å². The molecule has 0 unspecified atom stereocenters. The highest BCUT2D eigenvalue weighted by Crippen LogP contribution is 2.28. The monoisotopic (exact) mass is 207 g/mol. The van der Waals surface area contributed by atoms with Crippen LogP contribution in [0.2, 0.25) is 0 Å². The van der Waals surface area contributed by atoms with Gasteiger partial charge in [0.05, 0.1) is 19.8 Å². The molecule has 0 aliphatic carbocycles. The van der Waals surface area contributed by atoms with E-state index in [0.29, 0.717) is 0 Å². The molecular weight excluding hydrogens is 198 g/mol. The summed E-state index contributed by atoms with van der Waals surface area (Å²) in [7, 11) is 2.54. The Balaban J connectivity index is 3.45. The van der Waals surface area contributed by atoms with Crippen LogP contribution in [0.1, 0.15) is 15.9 Å². The number of hydrogen-bond acceptors (Lipinski definition) is 5. The van der Waals surface area contributed by atoms with Crippen LogP contribution < -0.4 is 4.74 Å². The molecule has 0 aliphatic heterocycles. The van der Waals surface area contributed by atoms with E-state index in [4.69, 9.17) is 10.00 Å². The average molecular weight is 207 g/mol. The Morgan fingerprint density at radius 2 is 2.13 bits per heavy atom. The summed E-state index contributed by atoms with van der Waals surface area (Å²) in [5.74, 6) is -0.710. The molecule has 1 aromatic carbocycles. The van der Waals surface area contributed by atoms with Gasteiger partial charge in [-0.15, -0.1) is 0 Å². The molecule has 5 nitrogen and oxygen atoms in total. The molecule has 1 N–H and O–H groups in total. The van der Waals surface area contributed by atoms with Gasteiger partial charge in [-0.25, -0.2) is 4.79 Å². The molecule has 0 fully saturated rings. The number of phenolic OH excluding ortho intramolecular Hbond substituents is 1. The molecule has 0 atom stereocenters. The maximum absolute atomic E-state index is 11.3. The fourth-order valence-electron chi connectivity index (χ4n) is 1.16. The van der Waals surface area contributed by atoms with Gasteiger partial charge in [-0.1, -0.05) is 0 Å². The zero-order valence-electron chi connectivity index (χ0n) is 8.27. The van der Waals surface area contributed by atoms with Gasteiger partial charge < -0.3 is 14.6 Å². The van der Waals surface area contributed by atoms with Gasteiger partial charge in [0.1, 0.15) is 23.1 Å². The van der Waals surface area contributed by atoms with Gasteiger partial charge in [-0.3, -0.25) is 0 Å². The Kier molecular flexibility index (Phi) is 3.13. The smallest absolute Gasteiger partial charge is 0.343 e. The number of carbonyl (C=O) groups is 1. The van der Waals surface area contributed by atoms with E-state index in [1.165, 1.54) is 26.4 Å². The average Bonchev–Trinajstić information content (AvgIpc) is 2.26. The number of hydrogen-bond donors (Lipinski definition) is 1. The highest BCUT2D eigenvalue weighted by molar-refractivity contribution is 5.95. The quantitative estimate of drug-likeness (QED) is 0.733. The number of nitrogens with zero attached hydrogens (tertiary/aromatic N) is 1. The third-order valence-corrected chi connectivity index (χ3v) is 1.82. The molecule has 0 aliphatic rings. The van der Waals surface area contributed by atoms with Gasteiger partial charge in [-0.05, 0) is 6.07 Å². The number of ether oxygens (including phenoxy) is 2. The van der Waals surface area contributed by atoms with E-state index >= 15 is 0 Å². The first-order valence-corrected chi connectivity index (χ1v) is 4.03. The van der Waals surface area contributed by atoms with E-state index in [1.807, 2.05) is 0 Å². The number of phenols is 1. The van der Waals surface area contributed by atoms with Crippen LogP contribution in [0.15, 0.2) is 12.1 Å². The normalized spacial score (nSPS) is 9.13. The number of carbonyl (C=O) groups excluding carboxylic acids is 1. The van der Waals surface area contributed by atoms with Crippen molar-refractivity contribution >= 4 is 5.97 Å². The molecule has 1 aromatic rings. The predicted octanol–water partition coefficient (Wildman–Crippen LogP) is 1.06. The Labute approximate surface area is 86.5 Å². The lowest BCUT2D eigenvalue weighted by Gasteiger charge is -2.08. The molecule has 0 heterocycles. The van der Waals surface area contributed by atoms with Crippen molar-refractivity contribution in [2.45, 2.75) is 0 Å². The Bertz CT molecular complexity index is 434. The van der Waals surface area contributed by atoms with Crippen LogP contribution in [0.5, 0.6) is 11.5 Å². The number of aromatic hydroxyl groups is 1. The molecule has 0 saturated heterocycles. The second-order valence-electron chi connectivity index (χ2n) is 2.67. The first-order chi connectivity index (χ1) is 7.13. The van der Waals surface area contributed by atoms with Crippen LogP contribution >= 0.6 is 0 Å². The first kappa shape index (κ1) is 10.9. The Morgan fingerprint density at radius 3 is 2.60 bits per heavy atom. The highest BCUT2D eigenvalue weighted by Gasteiger charge is 2.19. The van der Waals surface area contributed by atoms with Crippen LogP contribution in [-0.4, -0.2) is 25.3 Å². The number of esters is 1. The molecule has 0 spiro atoms. The molecular formula is C10H9NO4. The van der Waals surface area contributed by atoms with Crippen molar-refractivity contribution in [2.24, 2.45) is 0 Å². The SMILES string of the molecule is COC(=O)c1c(C#N)cc(O)cc1OC. The maximum atomic E-state index is 11.3. The number of benzene rings is 1. The third kappa shape index (κ3) is 1.99. The van der Waals surface area contributed by atoms with Gasteiger partial charge in [0, 0.05) is 6.07 Å². The number of nitriles is 1. The predicted molar refractivity (Wildman–Crippen MR) is 50.7 cm³/mol. The fraction of sp³-hybridized carbons (Fsp3) is 0.200. The second kappa shape index (κ2) is 4.33. The van der Waals surface area contributed by atoms with Gasteiger partial charge in [0.15, 0.2) is 0 Å². The first-order valence-electron chi connectivity index (χ1n) is 4.03. The molecule has 0 aromatic heterocycles. The molecule has 0 saturated carbocycles. The second-order valence-corrected chi connectivity index (χ2v) is 2.67. The van der Waals surface area contributed by atoms with E-state index in [1.54, 1.807) is 6.07 Å². The van der Waals surface area contributed by atoms with Crippen LogP contribution in [-0.2, 0) is 4.74 Å². The summed E-state index contributed by atoms with van der Waals surface area (Å²) in [5, 5.41) is 18.0. The fourth-order valence-corrected chi connectivity index (χ4v) is 1.16. The van der Waals surface area contributed by atoms with Crippen LogP contribution in [0.4, 0.5) is 0 Å². The summed E-state index contributed by atoms with van der Waals surface area (Å²) >= 11 is 0. The topological polar surface area (TPSA) is 79.6 Å². The molecule has 0 radical (unpaired) electrons. The largest absolute Gasteiger partial charge is 0.508 e. The van der Waals surface area contributed by atoms with E-state index in [9.17, 15) is 9.90 Å². The van der Waals surface area contributed by atoms with E-state index < -0.39 is 5.97 Å². The minimum absolute atomic E-state index is 0.0127. The van der Waals surface area contributed by atoms with E-state index in [-0.39, 0.29) is 22.6 Å². The lowest BCUT2D eigenvalue weighted by molar-refractivity contribution is 0.0596.